The van der Waals surface area contributed by atoms with Gasteiger partial charge >= 0.3 is 0 Å². The molecule has 0 saturated heterocycles. The minimum absolute atomic E-state index is 0.415. The molecule has 1 aliphatic rings. The molecule has 0 N–H and O–H groups in total. The predicted molar refractivity (Wildman–Crippen MR) is 271 cm³/mol. The molecule has 1 atom stereocenters. The molecule has 0 amide bonds. The molecular weight excluding hydrogens is 799 g/mol. The molecule has 3 aromatic heterocycles. The lowest BCUT2D eigenvalue weighted by atomic mass is 9.86. The molecule has 14 rings (SSSR count). The summed E-state index contributed by atoms with van der Waals surface area (Å²) in [6, 6.07) is 69.5. The van der Waals surface area contributed by atoms with Crippen LogP contribution in [-0.4, -0.2) is 16.1 Å². The first-order valence-electron chi connectivity index (χ1n) is 21.7. The summed E-state index contributed by atoms with van der Waals surface area (Å²) >= 11 is 1.84. The molecule has 0 radical (unpaired) electrons. The Hall–Kier alpha value is -8.12. The number of benzene rings is 10. The highest BCUT2D eigenvalue weighted by atomic mass is 32.1. The van der Waals surface area contributed by atoms with Crippen LogP contribution < -0.4 is 0 Å². The van der Waals surface area contributed by atoms with Crippen LogP contribution in [0, 0.1) is 0 Å². The third kappa shape index (κ3) is 5.16. The van der Waals surface area contributed by atoms with E-state index in [2.05, 4.69) is 187 Å². The Morgan fingerprint density at radius 3 is 1.97 bits per heavy atom. The number of aliphatic imine (C=N–C) groups is 2. The highest BCUT2D eigenvalue weighted by Gasteiger charge is 2.32. The van der Waals surface area contributed by atoms with Crippen LogP contribution in [0.1, 0.15) is 22.7 Å². The van der Waals surface area contributed by atoms with Crippen LogP contribution >= 0.6 is 11.3 Å². The molecule has 10 aromatic carbocycles. The van der Waals surface area contributed by atoms with Gasteiger partial charge in [-0.2, -0.15) is 0 Å². The first-order chi connectivity index (χ1) is 31.6. The summed E-state index contributed by atoms with van der Waals surface area (Å²) in [4.78, 5) is 11.3. The molecule has 13 aromatic rings. The Morgan fingerprint density at radius 2 is 1.14 bits per heavy atom. The van der Waals surface area contributed by atoms with Crippen molar-refractivity contribution in [3.63, 3.8) is 0 Å². The number of para-hydroxylation sites is 2. The lowest BCUT2D eigenvalue weighted by Gasteiger charge is -2.27. The Balaban J connectivity index is 1.12. The van der Waals surface area contributed by atoms with Gasteiger partial charge in [0.1, 0.15) is 17.2 Å². The van der Waals surface area contributed by atoms with Gasteiger partial charge in [0, 0.05) is 58.4 Å². The van der Waals surface area contributed by atoms with E-state index in [1.807, 2.05) is 23.5 Å². The highest BCUT2D eigenvalue weighted by molar-refractivity contribution is 7.26. The van der Waals surface area contributed by atoms with Crippen LogP contribution in [0.25, 0.3) is 102 Å². The second kappa shape index (κ2) is 13.4. The molecule has 0 fully saturated rings. The normalized spacial score (nSPS) is 14.6. The fraction of sp³-hybridized carbons (Fsp3) is 0.0169. The zero-order chi connectivity index (χ0) is 42.0. The van der Waals surface area contributed by atoms with Crippen molar-refractivity contribution in [3.8, 4) is 5.69 Å². The Kier molecular flexibility index (Phi) is 7.45. The van der Waals surface area contributed by atoms with Gasteiger partial charge < -0.3 is 8.98 Å². The minimum atomic E-state index is -0.415. The van der Waals surface area contributed by atoms with Crippen LogP contribution in [0.4, 0.5) is 0 Å². The monoisotopic (exact) mass is 833 g/mol. The first-order valence-corrected chi connectivity index (χ1v) is 22.5. The van der Waals surface area contributed by atoms with Crippen LogP contribution in [-0.2, 0) is 0 Å². The number of furan rings is 1. The molecule has 0 spiro atoms. The van der Waals surface area contributed by atoms with Crippen LogP contribution in [0.5, 0.6) is 0 Å². The molecule has 1 unspecified atom stereocenters. The maximum absolute atomic E-state index is 6.31. The number of hydrogen-bond acceptors (Lipinski definition) is 4. The molecule has 4 heterocycles. The van der Waals surface area contributed by atoms with E-state index in [9.17, 15) is 0 Å². The SMILES string of the molecule is C=C1C(c2c(-n3c4ccccc4c4cc5ccccc5cc43)ccc3sc4cc5ccccc5cc4c23)=NC(c2ccc3oc4ccccc4c3c2)=NC1c1cccc2ccccc12. The lowest BCUT2D eigenvalue weighted by molar-refractivity contribution is 0.669. The Bertz CT molecular complexity index is 4230. The van der Waals surface area contributed by atoms with Gasteiger partial charge in [-0.25, -0.2) is 4.99 Å². The maximum atomic E-state index is 6.31. The fourth-order valence-corrected chi connectivity index (χ4v) is 11.5. The average molecular weight is 834 g/mol. The van der Waals surface area contributed by atoms with Crippen LogP contribution in [0.15, 0.2) is 221 Å². The third-order valence-electron chi connectivity index (χ3n) is 13.4. The van der Waals surface area contributed by atoms with Crippen molar-refractivity contribution in [1.29, 1.82) is 0 Å². The van der Waals surface area contributed by atoms with Crippen molar-refractivity contribution in [2.45, 2.75) is 6.04 Å². The van der Waals surface area contributed by atoms with E-state index < -0.39 is 6.04 Å². The van der Waals surface area contributed by atoms with Crippen molar-refractivity contribution in [1.82, 2.24) is 4.57 Å². The second-order valence-electron chi connectivity index (χ2n) is 16.9. The van der Waals surface area contributed by atoms with E-state index in [-0.39, 0.29) is 0 Å². The van der Waals surface area contributed by atoms with Gasteiger partial charge in [-0.3, -0.25) is 4.99 Å². The van der Waals surface area contributed by atoms with Crippen molar-refractivity contribution in [2.24, 2.45) is 9.98 Å². The van der Waals surface area contributed by atoms with Crippen molar-refractivity contribution < 1.29 is 4.42 Å². The summed E-state index contributed by atoms with van der Waals surface area (Å²) in [5.41, 5.74) is 9.79. The fourth-order valence-electron chi connectivity index (χ4n) is 10.4. The van der Waals surface area contributed by atoms with Gasteiger partial charge in [0.15, 0.2) is 5.84 Å². The molecule has 0 saturated carbocycles. The number of rotatable bonds is 4. The van der Waals surface area contributed by atoms with E-state index >= 15 is 0 Å². The van der Waals surface area contributed by atoms with Crippen molar-refractivity contribution in [2.75, 3.05) is 0 Å². The van der Waals surface area contributed by atoms with Gasteiger partial charge in [0.2, 0.25) is 0 Å². The van der Waals surface area contributed by atoms with E-state index in [4.69, 9.17) is 21.0 Å². The van der Waals surface area contributed by atoms with E-state index in [1.54, 1.807) is 0 Å². The zero-order valence-corrected chi connectivity index (χ0v) is 35.2. The van der Waals surface area contributed by atoms with Gasteiger partial charge in [0.05, 0.1) is 22.4 Å². The molecular formula is C59H35N3OS. The largest absolute Gasteiger partial charge is 0.456 e. The second-order valence-corrected chi connectivity index (χ2v) is 18.0. The summed E-state index contributed by atoms with van der Waals surface area (Å²) in [6.45, 7) is 5.00. The molecule has 64 heavy (non-hydrogen) atoms. The summed E-state index contributed by atoms with van der Waals surface area (Å²) < 4.78 is 11.2. The van der Waals surface area contributed by atoms with Gasteiger partial charge in [0.25, 0.3) is 0 Å². The first kappa shape index (κ1) is 35.5. The number of aromatic nitrogens is 1. The smallest absolute Gasteiger partial charge is 0.156 e. The quantitative estimate of drug-likeness (QED) is 0.174. The topological polar surface area (TPSA) is 42.8 Å². The molecule has 0 aliphatic carbocycles. The van der Waals surface area contributed by atoms with E-state index in [0.717, 1.165) is 77.4 Å². The number of fused-ring (bicyclic) bond motifs is 12. The summed E-state index contributed by atoms with van der Waals surface area (Å²) in [5, 5.41) is 14.1. The van der Waals surface area contributed by atoms with Crippen molar-refractivity contribution >= 4 is 119 Å². The van der Waals surface area contributed by atoms with E-state index in [1.165, 1.54) is 52.5 Å². The predicted octanol–water partition coefficient (Wildman–Crippen LogP) is 16.1. The van der Waals surface area contributed by atoms with Crippen LogP contribution in [0.2, 0.25) is 0 Å². The van der Waals surface area contributed by atoms with Gasteiger partial charge in [-0.05, 0) is 105 Å². The minimum Gasteiger partial charge on any atom is -0.456 e. The standard InChI is InChI=1S/C59H35N3OS/c1-34-57(44-22-12-18-35-13-6-7-19-41(35)44)60-59(40-25-27-52-46(31-40)43-21-9-11-24-51(43)63-52)61-58(34)56-49(26-28-53-55(56)47-30-37-15-3-5-17-39(37)33-54(47)64-53)62-48-23-10-8-20-42(48)45-29-36-14-2-4-16-38(36)32-50(45)62/h2-33,57H,1H2. The number of amidine groups is 1. The summed E-state index contributed by atoms with van der Waals surface area (Å²) in [6.07, 6.45) is 0. The Morgan fingerprint density at radius 1 is 0.484 bits per heavy atom. The average Bonchev–Trinajstić information content (AvgIpc) is 4.01. The zero-order valence-electron chi connectivity index (χ0n) is 34.4. The third-order valence-corrected chi connectivity index (χ3v) is 14.5. The molecule has 4 nitrogen and oxygen atoms in total. The number of hydrogen-bond donors (Lipinski definition) is 0. The molecule has 5 heteroatoms. The molecule has 1 aliphatic heterocycles. The van der Waals surface area contributed by atoms with Gasteiger partial charge in [-0.15, -0.1) is 11.3 Å². The number of nitrogens with zero attached hydrogens (tertiary/aromatic N) is 3. The highest BCUT2D eigenvalue weighted by Crippen LogP contribution is 2.46. The van der Waals surface area contributed by atoms with Crippen LogP contribution in [0.3, 0.4) is 0 Å². The van der Waals surface area contributed by atoms with E-state index in [0.29, 0.717) is 5.84 Å². The Labute approximate surface area is 371 Å². The lowest BCUT2D eigenvalue weighted by Crippen LogP contribution is -2.22. The summed E-state index contributed by atoms with van der Waals surface area (Å²) in [7, 11) is 0. The molecule has 298 valence electrons. The maximum Gasteiger partial charge on any atom is 0.156 e. The number of thiophene rings is 1. The summed E-state index contributed by atoms with van der Waals surface area (Å²) in [5.74, 6) is 0.661. The van der Waals surface area contributed by atoms with Gasteiger partial charge in [-0.1, -0.05) is 134 Å². The van der Waals surface area contributed by atoms with Crippen molar-refractivity contribution in [3.05, 3.63) is 223 Å². The molecule has 0 bridgehead atoms.